The molecule has 0 aromatic heterocycles. The van der Waals surface area contributed by atoms with Crippen molar-refractivity contribution in [2.45, 2.75) is 30.2 Å². The van der Waals surface area contributed by atoms with Crippen LogP contribution in [0.1, 0.15) is 29.6 Å². The summed E-state index contributed by atoms with van der Waals surface area (Å²) >= 11 is 6.00. The highest BCUT2D eigenvalue weighted by Gasteiger charge is 2.37. The van der Waals surface area contributed by atoms with Crippen LogP contribution in [0.25, 0.3) is 0 Å². The number of rotatable bonds is 4. The Morgan fingerprint density at radius 2 is 2.04 bits per heavy atom. The summed E-state index contributed by atoms with van der Waals surface area (Å²) in [5.41, 5.74) is 5.38. The van der Waals surface area contributed by atoms with Gasteiger partial charge in [0.1, 0.15) is 10.9 Å². The van der Waals surface area contributed by atoms with Crippen molar-refractivity contribution in [3.63, 3.8) is 0 Å². The third kappa shape index (κ3) is 3.49. The van der Waals surface area contributed by atoms with Gasteiger partial charge in [-0.3, -0.25) is 4.79 Å². The van der Waals surface area contributed by atoms with Gasteiger partial charge in [0.05, 0.1) is 17.7 Å². The quantitative estimate of drug-likeness (QED) is 0.810. The van der Waals surface area contributed by atoms with Crippen molar-refractivity contribution in [1.82, 2.24) is 4.31 Å². The van der Waals surface area contributed by atoms with Crippen molar-refractivity contribution in [2.75, 3.05) is 13.7 Å². The predicted molar refractivity (Wildman–Crippen MR) is 83.5 cm³/mol. The van der Waals surface area contributed by atoms with E-state index in [0.717, 1.165) is 16.8 Å². The Kier molecular flexibility index (Phi) is 5.28. The number of nitrogens with two attached hydrogens (primary N) is 1. The number of amides is 1. The second-order valence-corrected chi connectivity index (χ2v) is 7.43. The number of carbonyl (C=O) groups excluding carboxylic acids is 2. The van der Waals surface area contributed by atoms with Crippen molar-refractivity contribution in [2.24, 2.45) is 5.73 Å². The largest absolute Gasteiger partial charge is 0.465 e. The van der Waals surface area contributed by atoms with Crippen LogP contribution >= 0.6 is 11.6 Å². The highest BCUT2D eigenvalue weighted by atomic mass is 35.5. The molecule has 1 amide bonds. The van der Waals surface area contributed by atoms with Crippen molar-refractivity contribution in [1.29, 1.82) is 0 Å². The first-order valence-corrected chi connectivity index (χ1v) is 8.80. The zero-order valence-electron chi connectivity index (χ0n) is 12.5. The molecule has 0 spiro atoms. The lowest BCUT2D eigenvalue weighted by Crippen LogP contribution is -2.50. The lowest BCUT2D eigenvalue weighted by molar-refractivity contribution is -0.122. The topological polar surface area (TPSA) is 107 Å². The van der Waals surface area contributed by atoms with Gasteiger partial charge in [0, 0.05) is 6.54 Å². The number of benzene rings is 1. The summed E-state index contributed by atoms with van der Waals surface area (Å²) in [6.45, 7) is 0.175. The molecule has 9 heteroatoms. The number of carbonyl (C=O) groups is 2. The van der Waals surface area contributed by atoms with Gasteiger partial charge in [-0.2, -0.15) is 4.31 Å². The van der Waals surface area contributed by atoms with Crippen molar-refractivity contribution < 1.29 is 22.7 Å². The van der Waals surface area contributed by atoms with Gasteiger partial charge in [0.25, 0.3) is 0 Å². The summed E-state index contributed by atoms with van der Waals surface area (Å²) in [5.74, 6) is -1.38. The Morgan fingerprint density at radius 3 is 2.65 bits per heavy atom. The smallest absolute Gasteiger partial charge is 0.337 e. The maximum absolute atomic E-state index is 12.9. The zero-order chi connectivity index (χ0) is 17.2. The third-order valence-electron chi connectivity index (χ3n) is 3.72. The van der Waals surface area contributed by atoms with E-state index in [1.165, 1.54) is 19.2 Å². The van der Waals surface area contributed by atoms with Gasteiger partial charge in [0.2, 0.25) is 15.9 Å². The van der Waals surface area contributed by atoms with Crippen molar-refractivity contribution in [3.05, 3.63) is 28.8 Å². The van der Waals surface area contributed by atoms with Gasteiger partial charge in [-0.25, -0.2) is 13.2 Å². The molecule has 1 aromatic carbocycles. The maximum atomic E-state index is 12.9. The first kappa shape index (κ1) is 17.7. The van der Waals surface area contributed by atoms with Crippen LogP contribution < -0.4 is 5.73 Å². The number of methoxy groups -OCH3 is 1. The summed E-state index contributed by atoms with van der Waals surface area (Å²) in [4.78, 5) is 22.9. The van der Waals surface area contributed by atoms with Gasteiger partial charge >= 0.3 is 5.97 Å². The number of primary amides is 1. The highest BCUT2D eigenvalue weighted by molar-refractivity contribution is 7.89. The number of hydrogen-bond acceptors (Lipinski definition) is 5. The molecule has 1 fully saturated rings. The Labute approximate surface area is 139 Å². The molecular formula is C14H17ClN2O5S. The minimum Gasteiger partial charge on any atom is -0.465 e. The number of sulfonamides is 1. The van der Waals surface area contributed by atoms with E-state index < -0.39 is 27.9 Å². The second kappa shape index (κ2) is 6.86. The number of ether oxygens (including phenoxy) is 1. The normalized spacial score (nSPS) is 19.3. The molecule has 1 aliphatic heterocycles. The number of hydrogen-bond donors (Lipinski definition) is 1. The molecule has 7 nitrogen and oxygen atoms in total. The molecule has 1 aromatic rings. The van der Waals surface area contributed by atoms with E-state index in [1.54, 1.807) is 0 Å². The van der Waals surface area contributed by atoms with Gasteiger partial charge in [0.15, 0.2) is 0 Å². The molecule has 0 saturated carbocycles. The Morgan fingerprint density at radius 1 is 1.35 bits per heavy atom. The average molecular weight is 361 g/mol. The molecule has 126 valence electrons. The highest BCUT2D eigenvalue weighted by Crippen LogP contribution is 2.30. The lowest BCUT2D eigenvalue weighted by atomic mass is 10.0. The number of nitrogens with zero attached hydrogens (tertiary/aromatic N) is 1. The molecule has 2 N–H and O–H groups in total. The fraction of sp³-hybridized carbons (Fsp3) is 0.429. The van der Waals surface area contributed by atoms with Crippen LogP contribution in [0.3, 0.4) is 0 Å². The molecule has 1 heterocycles. The molecule has 0 unspecified atom stereocenters. The summed E-state index contributed by atoms with van der Waals surface area (Å²) in [7, 11) is -2.87. The number of halogens is 1. The Balaban J connectivity index is 2.50. The summed E-state index contributed by atoms with van der Waals surface area (Å²) in [6, 6.07) is 2.92. The number of esters is 1. The fourth-order valence-corrected chi connectivity index (χ4v) is 4.72. The van der Waals surface area contributed by atoms with E-state index in [1.807, 2.05) is 0 Å². The van der Waals surface area contributed by atoms with Gasteiger partial charge in [-0.15, -0.1) is 0 Å². The molecule has 1 saturated heterocycles. The van der Waals surface area contributed by atoms with Gasteiger partial charge < -0.3 is 10.5 Å². The van der Waals surface area contributed by atoms with Crippen LogP contribution in [-0.4, -0.2) is 44.3 Å². The van der Waals surface area contributed by atoms with Gasteiger partial charge in [-0.1, -0.05) is 18.0 Å². The molecule has 0 radical (unpaired) electrons. The van der Waals surface area contributed by atoms with Crippen LogP contribution in [0.2, 0.25) is 5.02 Å². The summed E-state index contributed by atoms with van der Waals surface area (Å²) < 4.78 is 31.4. The van der Waals surface area contributed by atoms with E-state index in [4.69, 9.17) is 17.3 Å². The van der Waals surface area contributed by atoms with Crippen LogP contribution in [0.4, 0.5) is 0 Å². The zero-order valence-corrected chi connectivity index (χ0v) is 14.1. The van der Waals surface area contributed by atoms with Gasteiger partial charge in [-0.05, 0) is 31.0 Å². The molecule has 1 aliphatic rings. The Bertz CT molecular complexity index is 735. The predicted octanol–water partition coefficient (Wildman–Crippen LogP) is 1.16. The molecule has 2 rings (SSSR count). The minimum atomic E-state index is -4.06. The monoisotopic (exact) mass is 360 g/mol. The molecule has 0 bridgehead atoms. The third-order valence-corrected chi connectivity index (χ3v) is 6.11. The molecule has 0 aliphatic carbocycles. The first-order valence-electron chi connectivity index (χ1n) is 6.98. The van der Waals surface area contributed by atoms with Crippen LogP contribution in [0.5, 0.6) is 0 Å². The van der Waals surface area contributed by atoms with E-state index in [2.05, 4.69) is 4.74 Å². The Hall–Kier alpha value is -1.64. The first-order chi connectivity index (χ1) is 10.8. The lowest BCUT2D eigenvalue weighted by Gasteiger charge is -2.32. The van der Waals surface area contributed by atoms with E-state index >= 15 is 0 Å². The molecular weight excluding hydrogens is 344 g/mol. The molecule has 23 heavy (non-hydrogen) atoms. The maximum Gasteiger partial charge on any atom is 0.337 e. The summed E-state index contributed by atoms with van der Waals surface area (Å²) in [6.07, 6.45) is 1.70. The van der Waals surface area contributed by atoms with Crippen LogP contribution in [0, 0.1) is 0 Å². The SMILES string of the molecule is COC(=O)c1ccc(Cl)c(S(=O)(=O)N2CCCC[C@@H]2C(N)=O)c1. The number of piperidine rings is 1. The summed E-state index contributed by atoms with van der Waals surface area (Å²) in [5, 5.41) is -0.0357. The fourth-order valence-electron chi connectivity index (χ4n) is 2.55. The average Bonchev–Trinajstić information content (AvgIpc) is 2.54. The van der Waals surface area contributed by atoms with E-state index in [9.17, 15) is 18.0 Å². The van der Waals surface area contributed by atoms with E-state index in [0.29, 0.717) is 12.8 Å². The minimum absolute atomic E-state index is 0.0357. The van der Waals surface area contributed by atoms with Crippen molar-refractivity contribution in [3.8, 4) is 0 Å². The molecule has 1 atom stereocenters. The van der Waals surface area contributed by atoms with Crippen molar-refractivity contribution >= 4 is 33.5 Å². The second-order valence-electron chi connectivity index (χ2n) is 5.17. The van der Waals surface area contributed by atoms with E-state index in [-0.39, 0.29) is 22.0 Å². The van der Waals surface area contributed by atoms with Crippen LogP contribution in [-0.2, 0) is 19.6 Å². The van der Waals surface area contributed by atoms with Crippen LogP contribution in [0.15, 0.2) is 23.1 Å². The standard InChI is InChI=1S/C14H17ClN2O5S/c1-22-14(19)9-5-6-10(15)12(8-9)23(20,21)17-7-3-2-4-11(17)13(16)18/h5-6,8,11H,2-4,7H2,1H3,(H2,16,18)/t11-/m1/s1.